The average Bonchev–Trinajstić information content (AvgIpc) is 3.29. The number of aromatic nitrogens is 3. The third-order valence-corrected chi connectivity index (χ3v) is 5.49. The van der Waals surface area contributed by atoms with E-state index in [0.29, 0.717) is 42.3 Å². The molecule has 8 nitrogen and oxygen atoms in total. The molecule has 1 aliphatic rings. The number of nitrogens with zero attached hydrogens (tertiary/aromatic N) is 4. The molecule has 1 aliphatic heterocycles. The number of hydrogen-bond acceptors (Lipinski definition) is 5. The standard InChI is InChI=1S/C22H22ClN5O3/c1-31-19-7-5-15(6-8-19)21(29)24-17-9-11-27(12-10-17)22(30)20-14-28(26-25-20)18-4-2-3-16(23)13-18/h2-8,13-14,17H,9-12H2,1H3,(H,24,29). The van der Waals surface area contributed by atoms with Crippen molar-refractivity contribution < 1.29 is 14.3 Å². The number of amides is 2. The Morgan fingerprint density at radius 3 is 2.55 bits per heavy atom. The van der Waals surface area contributed by atoms with E-state index in [1.807, 2.05) is 12.1 Å². The van der Waals surface area contributed by atoms with Crippen LogP contribution in [0.1, 0.15) is 33.7 Å². The molecule has 0 saturated carbocycles. The number of benzene rings is 2. The lowest BCUT2D eigenvalue weighted by molar-refractivity contribution is 0.0692. The van der Waals surface area contributed by atoms with Crippen LogP contribution in [0.15, 0.2) is 54.7 Å². The fourth-order valence-electron chi connectivity index (χ4n) is 3.51. The van der Waals surface area contributed by atoms with Crippen molar-refractivity contribution in [1.82, 2.24) is 25.2 Å². The quantitative estimate of drug-likeness (QED) is 0.660. The molecule has 1 saturated heterocycles. The van der Waals surface area contributed by atoms with Crippen LogP contribution in [0.5, 0.6) is 5.75 Å². The van der Waals surface area contributed by atoms with Crippen LogP contribution in [0.25, 0.3) is 5.69 Å². The van der Waals surface area contributed by atoms with E-state index in [9.17, 15) is 9.59 Å². The van der Waals surface area contributed by atoms with E-state index in [0.717, 1.165) is 5.69 Å². The fraction of sp³-hybridized carbons (Fsp3) is 0.273. The lowest BCUT2D eigenvalue weighted by Gasteiger charge is -2.31. The first-order valence-corrected chi connectivity index (χ1v) is 10.3. The number of nitrogens with one attached hydrogen (secondary N) is 1. The summed E-state index contributed by atoms with van der Waals surface area (Å²) in [5.41, 5.74) is 1.59. The molecule has 0 atom stereocenters. The molecule has 0 aliphatic carbocycles. The van der Waals surface area contributed by atoms with Crippen LogP contribution in [0.2, 0.25) is 5.02 Å². The molecule has 0 bridgehead atoms. The Bertz CT molecular complexity index is 1070. The van der Waals surface area contributed by atoms with Crippen molar-refractivity contribution in [2.75, 3.05) is 20.2 Å². The molecular formula is C22H22ClN5O3. The highest BCUT2D eigenvalue weighted by Gasteiger charge is 2.26. The van der Waals surface area contributed by atoms with Gasteiger partial charge in [-0.15, -0.1) is 5.10 Å². The number of ether oxygens (including phenoxy) is 1. The van der Waals surface area contributed by atoms with Crippen LogP contribution < -0.4 is 10.1 Å². The zero-order valence-corrected chi connectivity index (χ0v) is 17.7. The summed E-state index contributed by atoms with van der Waals surface area (Å²) in [7, 11) is 1.59. The van der Waals surface area contributed by atoms with E-state index in [1.165, 1.54) is 4.68 Å². The number of hydrogen-bond donors (Lipinski definition) is 1. The Morgan fingerprint density at radius 2 is 1.87 bits per heavy atom. The molecular weight excluding hydrogens is 418 g/mol. The number of methoxy groups -OCH3 is 1. The zero-order valence-electron chi connectivity index (χ0n) is 17.0. The Balaban J connectivity index is 1.32. The molecule has 3 aromatic rings. The van der Waals surface area contributed by atoms with Crippen molar-refractivity contribution in [3.63, 3.8) is 0 Å². The predicted octanol–water partition coefficient (Wildman–Crippen LogP) is 2.96. The van der Waals surface area contributed by atoms with Crippen molar-refractivity contribution in [3.8, 4) is 11.4 Å². The van der Waals surface area contributed by atoms with Gasteiger partial charge in [0.15, 0.2) is 5.69 Å². The van der Waals surface area contributed by atoms with Crippen LogP contribution in [0, 0.1) is 0 Å². The molecule has 2 heterocycles. The second-order valence-electron chi connectivity index (χ2n) is 7.30. The second kappa shape index (κ2) is 9.18. The van der Waals surface area contributed by atoms with Crippen molar-refractivity contribution in [2.45, 2.75) is 18.9 Å². The van der Waals surface area contributed by atoms with Gasteiger partial charge in [-0.25, -0.2) is 4.68 Å². The highest BCUT2D eigenvalue weighted by atomic mass is 35.5. The van der Waals surface area contributed by atoms with Crippen molar-refractivity contribution in [2.24, 2.45) is 0 Å². The number of likely N-dealkylation sites (tertiary alicyclic amines) is 1. The molecule has 160 valence electrons. The van der Waals surface area contributed by atoms with Gasteiger partial charge >= 0.3 is 0 Å². The summed E-state index contributed by atoms with van der Waals surface area (Å²) in [5.74, 6) is 0.403. The topological polar surface area (TPSA) is 89.4 Å². The Morgan fingerprint density at radius 1 is 1.13 bits per heavy atom. The normalized spacial score (nSPS) is 14.3. The van der Waals surface area contributed by atoms with Crippen molar-refractivity contribution in [1.29, 1.82) is 0 Å². The molecule has 0 unspecified atom stereocenters. The Hall–Kier alpha value is -3.39. The number of halogens is 1. The van der Waals surface area contributed by atoms with Gasteiger partial charge in [0.05, 0.1) is 19.0 Å². The number of carbonyl (C=O) groups excluding carboxylic acids is 2. The van der Waals surface area contributed by atoms with Gasteiger partial charge in [0, 0.05) is 29.7 Å². The van der Waals surface area contributed by atoms with Gasteiger partial charge in [0.1, 0.15) is 5.75 Å². The molecule has 9 heteroatoms. The fourth-order valence-corrected chi connectivity index (χ4v) is 3.69. The molecule has 0 radical (unpaired) electrons. The van der Waals surface area contributed by atoms with Gasteiger partial charge in [-0.05, 0) is 55.3 Å². The Labute approximate surface area is 184 Å². The molecule has 1 N–H and O–H groups in total. The highest BCUT2D eigenvalue weighted by Crippen LogP contribution is 2.17. The van der Waals surface area contributed by atoms with E-state index in [-0.39, 0.29) is 23.6 Å². The minimum atomic E-state index is -0.173. The summed E-state index contributed by atoms with van der Waals surface area (Å²) < 4.78 is 6.64. The van der Waals surface area contributed by atoms with E-state index in [1.54, 1.807) is 54.6 Å². The maximum Gasteiger partial charge on any atom is 0.276 e. The smallest absolute Gasteiger partial charge is 0.276 e. The lowest BCUT2D eigenvalue weighted by Crippen LogP contribution is -2.46. The first kappa shape index (κ1) is 20.9. The number of carbonyl (C=O) groups is 2. The molecule has 2 amide bonds. The average molecular weight is 440 g/mol. The first-order valence-electron chi connectivity index (χ1n) is 9.96. The van der Waals surface area contributed by atoms with Gasteiger partial charge in [-0.3, -0.25) is 9.59 Å². The molecule has 4 rings (SSSR count). The van der Waals surface area contributed by atoms with Gasteiger partial charge in [0.2, 0.25) is 0 Å². The summed E-state index contributed by atoms with van der Waals surface area (Å²) in [4.78, 5) is 27.0. The molecule has 31 heavy (non-hydrogen) atoms. The number of piperidine rings is 1. The molecule has 2 aromatic carbocycles. The SMILES string of the molecule is COc1ccc(C(=O)NC2CCN(C(=O)c3cn(-c4cccc(Cl)c4)nn3)CC2)cc1. The zero-order chi connectivity index (χ0) is 21.8. The van der Waals surface area contributed by atoms with E-state index >= 15 is 0 Å². The molecule has 1 aromatic heterocycles. The third-order valence-electron chi connectivity index (χ3n) is 5.25. The number of rotatable bonds is 5. The third kappa shape index (κ3) is 4.86. The largest absolute Gasteiger partial charge is 0.497 e. The van der Waals surface area contributed by atoms with Gasteiger partial charge < -0.3 is 15.0 Å². The summed E-state index contributed by atoms with van der Waals surface area (Å²) in [6, 6.07) is 14.2. The summed E-state index contributed by atoms with van der Waals surface area (Å²) in [6.07, 6.45) is 2.96. The van der Waals surface area contributed by atoms with Crippen molar-refractivity contribution >= 4 is 23.4 Å². The highest BCUT2D eigenvalue weighted by molar-refractivity contribution is 6.30. The van der Waals surface area contributed by atoms with Crippen molar-refractivity contribution in [3.05, 3.63) is 71.0 Å². The minimum Gasteiger partial charge on any atom is -0.497 e. The molecule has 0 spiro atoms. The van der Waals surface area contributed by atoms with Crippen LogP contribution in [0.3, 0.4) is 0 Å². The van der Waals surface area contributed by atoms with Crippen LogP contribution in [-0.4, -0.2) is 57.9 Å². The second-order valence-corrected chi connectivity index (χ2v) is 7.73. The van der Waals surface area contributed by atoms with Crippen LogP contribution in [0.4, 0.5) is 0 Å². The first-order chi connectivity index (χ1) is 15.0. The predicted molar refractivity (Wildman–Crippen MR) is 116 cm³/mol. The summed E-state index contributed by atoms with van der Waals surface area (Å²) >= 11 is 6.02. The minimum absolute atomic E-state index is 0.0146. The molecule has 1 fully saturated rings. The van der Waals surface area contributed by atoms with Gasteiger partial charge in [-0.2, -0.15) is 0 Å². The van der Waals surface area contributed by atoms with E-state index < -0.39 is 0 Å². The van der Waals surface area contributed by atoms with Crippen LogP contribution >= 0.6 is 11.6 Å². The summed E-state index contributed by atoms with van der Waals surface area (Å²) in [5, 5.41) is 11.7. The maximum absolute atomic E-state index is 12.8. The van der Waals surface area contributed by atoms with Gasteiger partial charge in [-0.1, -0.05) is 22.9 Å². The van der Waals surface area contributed by atoms with E-state index in [4.69, 9.17) is 16.3 Å². The van der Waals surface area contributed by atoms with Crippen LogP contribution in [-0.2, 0) is 0 Å². The van der Waals surface area contributed by atoms with E-state index in [2.05, 4.69) is 15.6 Å². The lowest BCUT2D eigenvalue weighted by atomic mass is 10.0. The Kier molecular flexibility index (Phi) is 6.18. The maximum atomic E-state index is 12.8. The van der Waals surface area contributed by atoms with Gasteiger partial charge in [0.25, 0.3) is 11.8 Å². The summed E-state index contributed by atoms with van der Waals surface area (Å²) in [6.45, 7) is 1.08. The monoisotopic (exact) mass is 439 g/mol.